The summed E-state index contributed by atoms with van der Waals surface area (Å²) in [5.41, 5.74) is 0. The molecular formula is C9H5BrO2Se. The summed E-state index contributed by atoms with van der Waals surface area (Å²) in [6, 6.07) is 7.77. The summed E-state index contributed by atoms with van der Waals surface area (Å²) in [5.74, 6) is -0.817. The zero-order valence-corrected chi connectivity index (χ0v) is 9.75. The van der Waals surface area contributed by atoms with Gasteiger partial charge in [-0.25, -0.2) is 0 Å². The number of hydrogen-bond donors (Lipinski definition) is 1. The van der Waals surface area contributed by atoms with E-state index < -0.39 is 5.97 Å². The maximum atomic E-state index is 10.8. The van der Waals surface area contributed by atoms with Crippen molar-refractivity contribution >= 4 is 46.0 Å². The van der Waals surface area contributed by atoms with Gasteiger partial charge in [0.1, 0.15) is 0 Å². The molecule has 13 heavy (non-hydrogen) atoms. The molecule has 66 valence electrons. The van der Waals surface area contributed by atoms with Crippen LogP contribution < -0.4 is 0 Å². The quantitative estimate of drug-likeness (QED) is 0.821. The van der Waals surface area contributed by atoms with Crippen molar-refractivity contribution in [1.82, 2.24) is 0 Å². The van der Waals surface area contributed by atoms with E-state index in [9.17, 15) is 4.79 Å². The average molecular weight is 304 g/mol. The van der Waals surface area contributed by atoms with Gasteiger partial charge < -0.3 is 0 Å². The van der Waals surface area contributed by atoms with Crippen molar-refractivity contribution in [2.24, 2.45) is 0 Å². The topological polar surface area (TPSA) is 37.3 Å². The molecule has 1 aromatic heterocycles. The number of halogens is 1. The molecule has 0 spiro atoms. The average Bonchev–Trinajstić information content (AvgIpc) is 2.45. The molecule has 0 amide bonds. The molecule has 0 radical (unpaired) electrons. The summed E-state index contributed by atoms with van der Waals surface area (Å²) in [6.07, 6.45) is 0. The Balaban J connectivity index is 2.81. The normalized spacial score (nSPS) is 10.5. The molecule has 0 bridgehead atoms. The number of carboxylic acids is 1. The van der Waals surface area contributed by atoms with E-state index in [-0.39, 0.29) is 14.5 Å². The van der Waals surface area contributed by atoms with Gasteiger partial charge in [0.05, 0.1) is 0 Å². The van der Waals surface area contributed by atoms with Crippen LogP contribution in [0.25, 0.3) is 9.65 Å². The first-order valence-corrected chi connectivity index (χ1v) is 6.11. The molecule has 2 aromatic rings. The second-order valence-corrected chi connectivity index (χ2v) is 5.55. The SMILES string of the molecule is O=C(O)c1[se]c2ccccc2c1Br. The Morgan fingerprint density at radius 1 is 1.38 bits per heavy atom. The van der Waals surface area contributed by atoms with Crippen molar-refractivity contribution in [3.05, 3.63) is 33.2 Å². The van der Waals surface area contributed by atoms with Crippen molar-refractivity contribution < 1.29 is 9.90 Å². The molecular weight excluding hydrogens is 299 g/mol. The van der Waals surface area contributed by atoms with Gasteiger partial charge in [-0.1, -0.05) is 0 Å². The van der Waals surface area contributed by atoms with Crippen LogP contribution in [0.5, 0.6) is 0 Å². The van der Waals surface area contributed by atoms with E-state index in [1.165, 1.54) is 0 Å². The number of aromatic carboxylic acids is 1. The van der Waals surface area contributed by atoms with Crippen molar-refractivity contribution in [3.63, 3.8) is 0 Å². The molecule has 1 N–H and O–H groups in total. The molecule has 0 unspecified atom stereocenters. The summed E-state index contributed by atoms with van der Waals surface area (Å²) in [7, 11) is 0. The van der Waals surface area contributed by atoms with E-state index >= 15 is 0 Å². The number of rotatable bonds is 1. The molecule has 0 aliphatic rings. The third-order valence-corrected chi connectivity index (χ3v) is 5.57. The number of hydrogen-bond acceptors (Lipinski definition) is 1. The Labute approximate surface area is 89.1 Å². The second-order valence-electron chi connectivity index (χ2n) is 2.55. The molecule has 0 saturated heterocycles. The Morgan fingerprint density at radius 3 is 2.69 bits per heavy atom. The Bertz CT molecular complexity index is 475. The molecule has 0 saturated carbocycles. The van der Waals surface area contributed by atoms with Crippen LogP contribution in [0.4, 0.5) is 0 Å². The maximum absolute atomic E-state index is 10.8. The first-order valence-electron chi connectivity index (χ1n) is 3.60. The molecule has 1 aromatic carbocycles. The Kier molecular flexibility index (Phi) is 2.28. The van der Waals surface area contributed by atoms with E-state index in [1.54, 1.807) is 0 Å². The first-order chi connectivity index (χ1) is 6.20. The van der Waals surface area contributed by atoms with Gasteiger partial charge in [0.25, 0.3) is 0 Å². The van der Waals surface area contributed by atoms with E-state index in [1.807, 2.05) is 24.3 Å². The summed E-state index contributed by atoms with van der Waals surface area (Å²) >= 11 is 3.26. The summed E-state index contributed by atoms with van der Waals surface area (Å²) in [6.45, 7) is 0. The van der Waals surface area contributed by atoms with Crippen LogP contribution >= 0.6 is 15.9 Å². The fourth-order valence-electron chi connectivity index (χ4n) is 1.15. The van der Waals surface area contributed by atoms with Gasteiger partial charge in [-0.15, -0.1) is 0 Å². The minimum atomic E-state index is -0.817. The van der Waals surface area contributed by atoms with Gasteiger partial charge in [-0.3, -0.25) is 0 Å². The fourth-order valence-corrected chi connectivity index (χ4v) is 4.34. The van der Waals surface area contributed by atoms with Crippen molar-refractivity contribution in [1.29, 1.82) is 0 Å². The molecule has 1 heterocycles. The van der Waals surface area contributed by atoms with Gasteiger partial charge in [-0.05, 0) is 0 Å². The van der Waals surface area contributed by atoms with E-state index in [0.717, 1.165) is 14.1 Å². The Hall–Kier alpha value is -0.571. The number of carbonyl (C=O) groups is 1. The number of benzene rings is 1. The van der Waals surface area contributed by atoms with E-state index in [0.29, 0.717) is 4.44 Å². The molecule has 0 atom stereocenters. The van der Waals surface area contributed by atoms with E-state index in [4.69, 9.17) is 5.11 Å². The molecule has 4 heteroatoms. The summed E-state index contributed by atoms with van der Waals surface area (Å²) in [4.78, 5) is 10.8. The summed E-state index contributed by atoms with van der Waals surface area (Å²) in [5, 5.41) is 9.91. The molecule has 2 nitrogen and oxygen atoms in total. The van der Waals surface area contributed by atoms with Gasteiger partial charge in [0.15, 0.2) is 0 Å². The van der Waals surface area contributed by atoms with Crippen LogP contribution in [-0.2, 0) is 0 Å². The van der Waals surface area contributed by atoms with Crippen LogP contribution in [0, 0.1) is 0 Å². The first kappa shape index (κ1) is 9.00. The minimum absolute atomic E-state index is 0.0543. The van der Waals surface area contributed by atoms with Crippen LogP contribution in [0.1, 0.15) is 9.23 Å². The Morgan fingerprint density at radius 2 is 2.08 bits per heavy atom. The number of fused-ring (bicyclic) bond motifs is 1. The van der Waals surface area contributed by atoms with Crippen LogP contribution in [0.15, 0.2) is 28.7 Å². The van der Waals surface area contributed by atoms with Gasteiger partial charge in [0.2, 0.25) is 0 Å². The van der Waals surface area contributed by atoms with Crippen LogP contribution in [0.3, 0.4) is 0 Å². The predicted molar refractivity (Wildman–Crippen MR) is 55.5 cm³/mol. The second kappa shape index (κ2) is 3.29. The van der Waals surface area contributed by atoms with Gasteiger partial charge in [0, 0.05) is 0 Å². The zero-order chi connectivity index (χ0) is 9.42. The van der Waals surface area contributed by atoms with Crippen molar-refractivity contribution in [3.8, 4) is 0 Å². The predicted octanol–water partition coefficient (Wildman–Crippen LogP) is 2.36. The molecule has 0 fully saturated rings. The van der Waals surface area contributed by atoms with Crippen LogP contribution in [0.2, 0.25) is 0 Å². The van der Waals surface area contributed by atoms with E-state index in [2.05, 4.69) is 15.9 Å². The van der Waals surface area contributed by atoms with Crippen LogP contribution in [-0.4, -0.2) is 25.6 Å². The number of carboxylic acid groups (broad SMARTS) is 1. The monoisotopic (exact) mass is 304 g/mol. The molecule has 2 rings (SSSR count). The zero-order valence-electron chi connectivity index (χ0n) is 6.45. The van der Waals surface area contributed by atoms with Crippen molar-refractivity contribution in [2.75, 3.05) is 0 Å². The third kappa shape index (κ3) is 1.45. The summed E-state index contributed by atoms with van der Waals surface area (Å²) < 4.78 is 2.39. The molecule has 0 aliphatic heterocycles. The van der Waals surface area contributed by atoms with Gasteiger partial charge in [-0.2, -0.15) is 0 Å². The van der Waals surface area contributed by atoms with Crippen molar-refractivity contribution in [2.45, 2.75) is 0 Å². The third-order valence-electron chi connectivity index (χ3n) is 1.73. The fraction of sp³-hybridized carbons (Fsp3) is 0. The standard InChI is InChI=1S/C9H5BrO2Se/c10-7-5-3-1-2-4-6(5)13-8(7)9(11)12/h1-4H,(H,11,12). The molecule has 0 aliphatic carbocycles. The van der Waals surface area contributed by atoms with Gasteiger partial charge >= 0.3 is 89.1 Å².